The molecule has 1 saturated carbocycles. The highest BCUT2D eigenvalue weighted by molar-refractivity contribution is 14.0. The third-order valence-electron chi connectivity index (χ3n) is 5.31. The van der Waals surface area contributed by atoms with Crippen molar-refractivity contribution < 1.29 is 0 Å². The molecule has 1 aliphatic carbocycles. The maximum Gasteiger partial charge on any atom is 0.188 e. The highest BCUT2D eigenvalue weighted by Crippen LogP contribution is 2.26. The van der Waals surface area contributed by atoms with E-state index in [9.17, 15) is 0 Å². The van der Waals surface area contributed by atoms with Gasteiger partial charge in [-0.15, -0.1) is 35.3 Å². The van der Waals surface area contributed by atoms with Crippen LogP contribution in [-0.2, 0) is 13.0 Å². The van der Waals surface area contributed by atoms with E-state index in [1.54, 1.807) is 11.3 Å². The van der Waals surface area contributed by atoms with Crippen LogP contribution in [-0.4, -0.2) is 42.0 Å². The number of nitrogens with one attached hydrogen (secondary N) is 1. The zero-order chi connectivity index (χ0) is 16.8. The van der Waals surface area contributed by atoms with Gasteiger partial charge in [0.15, 0.2) is 5.96 Å². The summed E-state index contributed by atoms with van der Waals surface area (Å²) in [6, 6.07) is 0. The molecular formula is C18H32IN5S. The van der Waals surface area contributed by atoms with Gasteiger partial charge in [0.05, 0.1) is 10.7 Å². The number of guanidine groups is 1. The molecule has 25 heavy (non-hydrogen) atoms. The van der Waals surface area contributed by atoms with Crippen molar-refractivity contribution in [1.29, 1.82) is 0 Å². The van der Waals surface area contributed by atoms with Gasteiger partial charge in [0.25, 0.3) is 0 Å². The minimum Gasteiger partial charge on any atom is -0.370 e. The molecule has 1 aromatic rings. The smallest absolute Gasteiger partial charge is 0.188 e. The van der Waals surface area contributed by atoms with Crippen LogP contribution in [0, 0.1) is 11.8 Å². The Hall–Kier alpha value is -0.410. The van der Waals surface area contributed by atoms with E-state index in [1.807, 2.05) is 0 Å². The Morgan fingerprint density at radius 1 is 1.32 bits per heavy atom. The standard InChI is InChI=1S/C18H31N5S.HI/c1-2-17-22-16(13-24-17)12-23-8-6-15(7-9-23)11-21-18(19)20-10-14-4-3-5-14;/h13-15H,2-12H2,1H3,(H3,19,20,21);1H. The van der Waals surface area contributed by atoms with Crippen LogP contribution < -0.4 is 11.1 Å². The number of hydrogen-bond donors (Lipinski definition) is 2. The summed E-state index contributed by atoms with van der Waals surface area (Å²) >= 11 is 1.79. The van der Waals surface area contributed by atoms with Crippen molar-refractivity contribution in [3.63, 3.8) is 0 Å². The molecule has 1 saturated heterocycles. The molecule has 3 rings (SSSR count). The lowest BCUT2D eigenvalue weighted by molar-refractivity contribution is 0.176. The molecule has 0 aromatic carbocycles. The second-order valence-corrected chi connectivity index (χ2v) is 8.15. The number of thiazole rings is 1. The molecule has 0 spiro atoms. The van der Waals surface area contributed by atoms with Crippen LogP contribution in [0.3, 0.4) is 0 Å². The summed E-state index contributed by atoms with van der Waals surface area (Å²) in [5.74, 6) is 2.13. The Labute approximate surface area is 172 Å². The quantitative estimate of drug-likeness (QED) is 0.360. The minimum atomic E-state index is 0. The molecule has 3 N–H and O–H groups in total. The van der Waals surface area contributed by atoms with Crippen molar-refractivity contribution >= 4 is 41.3 Å². The van der Waals surface area contributed by atoms with Gasteiger partial charge in [-0.25, -0.2) is 4.98 Å². The van der Waals surface area contributed by atoms with E-state index < -0.39 is 0 Å². The average molecular weight is 477 g/mol. The summed E-state index contributed by atoms with van der Waals surface area (Å²) in [5.41, 5.74) is 7.22. The van der Waals surface area contributed by atoms with Gasteiger partial charge in [-0.05, 0) is 57.0 Å². The van der Waals surface area contributed by atoms with Crippen LogP contribution in [0.25, 0.3) is 0 Å². The number of nitrogens with zero attached hydrogens (tertiary/aromatic N) is 3. The number of halogens is 1. The Morgan fingerprint density at radius 3 is 2.68 bits per heavy atom. The molecule has 0 unspecified atom stereocenters. The molecule has 1 aromatic heterocycles. The van der Waals surface area contributed by atoms with E-state index in [0.717, 1.165) is 45.1 Å². The third-order valence-corrected chi connectivity index (χ3v) is 6.35. The third kappa shape index (κ3) is 6.67. The zero-order valence-corrected chi connectivity index (χ0v) is 18.4. The predicted octanol–water partition coefficient (Wildman–Crippen LogP) is 3.24. The number of nitrogens with two attached hydrogens (primary N) is 1. The molecule has 5 nitrogen and oxygen atoms in total. The molecule has 7 heteroatoms. The number of likely N-dealkylation sites (tertiary alicyclic amines) is 1. The van der Waals surface area contributed by atoms with Gasteiger partial charge < -0.3 is 11.1 Å². The second-order valence-electron chi connectivity index (χ2n) is 7.21. The van der Waals surface area contributed by atoms with Crippen LogP contribution in [0.15, 0.2) is 10.4 Å². The largest absolute Gasteiger partial charge is 0.370 e. The predicted molar refractivity (Wildman–Crippen MR) is 117 cm³/mol. The number of aryl methyl sites for hydroxylation is 1. The molecule has 1 aliphatic heterocycles. The first kappa shape index (κ1) is 20.9. The fourth-order valence-corrected chi connectivity index (χ4v) is 4.11. The van der Waals surface area contributed by atoms with Gasteiger partial charge in [-0.3, -0.25) is 9.89 Å². The maximum atomic E-state index is 5.98. The lowest BCUT2D eigenvalue weighted by atomic mass is 9.86. The first-order chi connectivity index (χ1) is 11.7. The molecule has 2 fully saturated rings. The van der Waals surface area contributed by atoms with E-state index in [4.69, 9.17) is 5.73 Å². The van der Waals surface area contributed by atoms with Crippen LogP contribution in [0.1, 0.15) is 49.7 Å². The van der Waals surface area contributed by atoms with Gasteiger partial charge >= 0.3 is 0 Å². The summed E-state index contributed by atoms with van der Waals surface area (Å²) in [6.07, 6.45) is 7.53. The summed E-state index contributed by atoms with van der Waals surface area (Å²) in [6.45, 7) is 7.36. The number of rotatable bonds is 7. The molecule has 2 aliphatic rings. The first-order valence-corrected chi connectivity index (χ1v) is 10.3. The SMILES string of the molecule is CCc1nc(CN2CCC(CNC(N)=NCC3CCC3)CC2)cs1.I. The number of hydrogen-bond acceptors (Lipinski definition) is 4. The van der Waals surface area contributed by atoms with Gasteiger partial charge in [-0.1, -0.05) is 13.3 Å². The van der Waals surface area contributed by atoms with Crippen molar-refractivity contribution in [2.45, 2.75) is 52.0 Å². The maximum absolute atomic E-state index is 5.98. The molecule has 2 heterocycles. The lowest BCUT2D eigenvalue weighted by Gasteiger charge is -2.31. The van der Waals surface area contributed by atoms with Crippen molar-refractivity contribution in [3.8, 4) is 0 Å². The zero-order valence-electron chi connectivity index (χ0n) is 15.2. The topological polar surface area (TPSA) is 66.5 Å². The van der Waals surface area contributed by atoms with Gasteiger partial charge in [0, 0.05) is 25.0 Å². The molecule has 142 valence electrons. The Kier molecular flexibility index (Phi) is 8.92. The highest BCUT2D eigenvalue weighted by Gasteiger charge is 2.20. The summed E-state index contributed by atoms with van der Waals surface area (Å²) in [7, 11) is 0. The number of aromatic nitrogens is 1. The summed E-state index contributed by atoms with van der Waals surface area (Å²) in [4.78, 5) is 11.7. The van der Waals surface area contributed by atoms with Crippen LogP contribution in [0.5, 0.6) is 0 Å². The van der Waals surface area contributed by atoms with Gasteiger partial charge in [0.2, 0.25) is 0 Å². The van der Waals surface area contributed by atoms with Crippen LogP contribution in [0.4, 0.5) is 0 Å². The minimum absolute atomic E-state index is 0. The average Bonchev–Trinajstić information content (AvgIpc) is 3.00. The van der Waals surface area contributed by atoms with E-state index in [0.29, 0.717) is 11.9 Å². The summed E-state index contributed by atoms with van der Waals surface area (Å²) in [5, 5.41) is 6.79. The van der Waals surface area contributed by atoms with Crippen LogP contribution >= 0.6 is 35.3 Å². The fraction of sp³-hybridized carbons (Fsp3) is 0.778. The molecule has 0 radical (unpaired) electrons. The molecule has 0 bridgehead atoms. The monoisotopic (exact) mass is 477 g/mol. The van der Waals surface area contributed by atoms with E-state index in [-0.39, 0.29) is 24.0 Å². The Morgan fingerprint density at radius 2 is 2.08 bits per heavy atom. The lowest BCUT2D eigenvalue weighted by Crippen LogP contribution is -2.40. The van der Waals surface area contributed by atoms with Crippen molar-refractivity contribution in [1.82, 2.24) is 15.2 Å². The molecule has 0 atom stereocenters. The second kappa shape index (κ2) is 10.7. The van der Waals surface area contributed by atoms with Crippen molar-refractivity contribution in [3.05, 3.63) is 16.1 Å². The van der Waals surface area contributed by atoms with Crippen molar-refractivity contribution in [2.75, 3.05) is 26.2 Å². The van der Waals surface area contributed by atoms with Gasteiger partial charge in [0.1, 0.15) is 0 Å². The van der Waals surface area contributed by atoms with Crippen LogP contribution in [0.2, 0.25) is 0 Å². The van der Waals surface area contributed by atoms with Gasteiger partial charge in [-0.2, -0.15) is 0 Å². The summed E-state index contributed by atoms with van der Waals surface area (Å²) < 4.78 is 0. The van der Waals surface area contributed by atoms with E-state index in [1.165, 1.54) is 42.8 Å². The molecular weight excluding hydrogens is 445 g/mol. The Balaban J connectivity index is 0.00000225. The number of aliphatic imine (C=N–C) groups is 1. The molecule has 0 amide bonds. The highest BCUT2D eigenvalue weighted by atomic mass is 127. The normalized spacial score (nSPS) is 20.1. The van der Waals surface area contributed by atoms with E-state index >= 15 is 0 Å². The first-order valence-electron chi connectivity index (χ1n) is 9.42. The number of piperidine rings is 1. The van der Waals surface area contributed by atoms with Crippen molar-refractivity contribution in [2.24, 2.45) is 22.6 Å². The fourth-order valence-electron chi connectivity index (χ4n) is 3.37. The Bertz CT molecular complexity index is 535. The van der Waals surface area contributed by atoms with E-state index in [2.05, 4.69) is 32.5 Å².